The molecule has 2 aromatic rings. The molecule has 0 fully saturated rings. The first-order chi connectivity index (χ1) is 13.1. The average Bonchev–Trinajstić information content (AvgIpc) is 2.67. The molecule has 28 heavy (non-hydrogen) atoms. The second kappa shape index (κ2) is 8.56. The molecule has 11 nitrogen and oxygen atoms in total. The lowest BCUT2D eigenvalue weighted by atomic mass is 10.2. The summed E-state index contributed by atoms with van der Waals surface area (Å²) >= 11 is 0. The lowest BCUT2D eigenvalue weighted by Crippen LogP contribution is -2.35. The fourth-order valence-electron chi connectivity index (χ4n) is 2.31. The summed E-state index contributed by atoms with van der Waals surface area (Å²) in [6.45, 7) is -1.22. The van der Waals surface area contributed by atoms with E-state index in [0.29, 0.717) is 9.87 Å². The van der Waals surface area contributed by atoms with Gasteiger partial charge in [0.2, 0.25) is 10.0 Å². The van der Waals surface area contributed by atoms with E-state index in [0.717, 1.165) is 6.07 Å². The van der Waals surface area contributed by atoms with Crippen LogP contribution in [0.1, 0.15) is 15.9 Å². The highest BCUT2D eigenvalue weighted by molar-refractivity contribution is 7.89. The van der Waals surface area contributed by atoms with Gasteiger partial charge in [0.25, 0.3) is 11.6 Å². The Morgan fingerprint density at radius 1 is 1.14 bits per heavy atom. The number of nitrogens with one attached hydrogen (secondary N) is 1. The molecule has 0 radical (unpaired) electrons. The number of carboxylic acids is 1. The smallest absolute Gasteiger partial charge is 0.318 e. The molecule has 2 aromatic carbocycles. The maximum Gasteiger partial charge on any atom is 0.318 e. The van der Waals surface area contributed by atoms with Crippen LogP contribution < -0.4 is 5.48 Å². The van der Waals surface area contributed by atoms with Crippen molar-refractivity contribution in [2.75, 3.05) is 6.54 Å². The molecule has 0 aliphatic carbocycles. The standard InChI is InChI=1S/C16H15N3O8S/c20-15(21)10-18(9-11-4-6-13(7-5-11)19(24)25)28(26,27)14-3-1-2-12(8-14)16(22)17-23/h1-8,23H,9-10H2,(H,17,22)(H,20,21). The van der Waals surface area contributed by atoms with Crippen molar-refractivity contribution < 1.29 is 33.2 Å². The van der Waals surface area contributed by atoms with Crippen LogP contribution in [0.2, 0.25) is 0 Å². The van der Waals surface area contributed by atoms with Crippen LogP contribution in [-0.4, -0.2) is 46.4 Å². The molecule has 0 atom stereocenters. The van der Waals surface area contributed by atoms with Crippen molar-refractivity contribution in [2.24, 2.45) is 0 Å². The number of nitro benzene ring substituents is 1. The van der Waals surface area contributed by atoms with E-state index in [9.17, 15) is 28.1 Å². The van der Waals surface area contributed by atoms with Crippen LogP contribution in [-0.2, 0) is 21.4 Å². The van der Waals surface area contributed by atoms with Gasteiger partial charge >= 0.3 is 5.97 Å². The summed E-state index contributed by atoms with van der Waals surface area (Å²) in [6, 6.07) is 9.68. The lowest BCUT2D eigenvalue weighted by molar-refractivity contribution is -0.384. The van der Waals surface area contributed by atoms with Gasteiger partial charge < -0.3 is 5.11 Å². The Balaban J connectivity index is 2.39. The normalized spacial score (nSPS) is 11.2. The van der Waals surface area contributed by atoms with Crippen LogP contribution in [0.25, 0.3) is 0 Å². The number of benzene rings is 2. The van der Waals surface area contributed by atoms with Crippen molar-refractivity contribution in [1.82, 2.24) is 9.79 Å². The molecule has 0 saturated carbocycles. The van der Waals surface area contributed by atoms with E-state index < -0.39 is 33.4 Å². The van der Waals surface area contributed by atoms with Gasteiger partial charge in [-0.05, 0) is 23.8 Å². The molecule has 0 aliphatic rings. The number of nitrogens with zero attached hydrogens (tertiary/aromatic N) is 2. The SMILES string of the molecule is O=C(O)CN(Cc1ccc([N+](=O)[O-])cc1)S(=O)(=O)c1cccc(C(=O)NO)c1. The molecule has 0 saturated heterocycles. The molecule has 2 rings (SSSR count). The number of hydrogen-bond acceptors (Lipinski definition) is 7. The number of rotatable bonds is 8. The Kier molecular flexibility index (Phi) is 6.41. The fourth-order valence-corrected chi connectivity index (χ4v) is 3.74. The van der Waals surface area contributed by atoms with Crippen molar-refractivity contribution in [3.63, 3.8) is 0 Å². The number of amides is 1. The summed E-state index contributed by atoms with van der Waals surface area (Å²) in [4.78, 5) is 32.4. The van der Waals surface area contributed by atoms with Crippen LogP contribution in [0.4, 0.5) is 5.69 Å². The molecule has 148 valence electrons. The van der Waals surface area contributed by atoms with E-state index in [2.05, 4.69) is 0 Å². The third-order valence-corrected chi connectivity index (χ3v) is 5.44. The summed E-state index contributed by atoms with van der Waals surface area (Å²) in [7, 11) is -4.33. The maximum atomic E-state index is 12.9. The minimum atomic E-state index is -4.33. The highest BCUT2D eigenvalue weighted by atomic mass is 32.2. The van der Waals surface area contributed by atoms with Gasteiger partial charge in [-0.1, -0.05) is 18.2 Å². The highest BCUT2D eigenvalue weighted by Gasteiger charge is 2.27. The van der Waals surface area contributed by atoms with Gasteiger partial charge in [-0.2, -0.15) is 4.31 Å². The topological polar surface area (TPSA) is 167 Å². The fraction of sp³-hybridized carbons (Fsp3) is 0.125. The van der Waals surface area contributed by atoms with E-state index in [1.165, 1.54) is 47.9 Å². The molecule has 0 bridgehead atoms. The van der Waals surface area contributed by atoms with Gasteiger partial charge in [0.15, 0.2) is 0 Å². The maximum absolute atomic E-state index is 12.9. The van der Waals surface area contributed by atoms with Gasteiger partial charge in [-0.15, -0.1) is 0 Å². The van der Waals surface area contributed by atoms with E-state index in [-0.39, 0.29) is 22.7 Å². The number of carbonyl (C=O) groups is 2. The van der Waals surface area contributed by atoms with Gasteiger partial charge in [0.1, 0.15) is 6.54 Å². The Morgan fingerprint density at radius 3 is 2.32 bits per heavy atom. The Bertz CT molecular complexity index is 1000. The first-order valence-electron chi connectivity index (χ1n) is 7.65. The monoisotopic (exact) mass is 409 g/mol. The highest BCUT2D eigenvalue weighted by Crippen LogP contribution is 2.21. The van der Waals surface area contributed by atoms with Crippen molar-refractivity contribution >= 4 is 27.6 Å². The van der Waals surface area contributed by atoms with Crippen LogP contribution in [0.15, 0.2) is 53.4 Å². The molecular formula is C16H15N3O8S. The molecule has 3 N–H and O–H groups in total. The molecular weight excluding hydrogens is 394 g/mol. The predicted octanol–water partition coefficient (Wildman–Crippen LogP) is 0.989. The number of non-ortho nitro benzene ring substituents is 1. The minimum absolute atomic E-state index is 0.144. The third kappa shape index (κ3) is 4.88. The molecule has 0 unspecified atom stereocenters. The van der Waals surface area contributed by atoms with E-state index in [1.54, 1.807) is 0 Å². The second-order valence-electron chi connectivity index (χ2n) is 5.56. The molecule has 12 heteroatoms. The second-order valence-corrected chi connectivity index (χ2v) is 7.50. The summed E-state index contributed by atoms with van der Waals surface area (Å²) in [5, 5.41) is 28.5. The van der Waals surface area contributed by atoms with Gasteiger partial charge in [-0.3, -0.25) is 24.9 Å². The molecule has 0 aromatic heterocycles. The van der Waals surface area contributed by atoms with E-state index in [4.69, 9.17) is 10.3 Å². The molecule has 0 spiro atoms. The minimum Gasteiger partial charge on any atom is -0.480 e. The van der Waals surface area contributed by atoms with Gasteiger partial charge in [0, 0.05) is 24.2 Å². The predicted molar refractivity (Wildman–Crippen MR) is 94.0 cm³/mol. The zero-order valence-corrected chi connectivity index (χ0v) is 15.0. The van der Waals surface area contributed by atoms with E-state index >= 15 is 0 Å². The number of nitro groups is 1. The number of aliphatic carboxylic acids is 1. The van der Waals surface area contributed by atoms with Crippen LogP contribution in [0.3, 0.4) is 0 Å². The number of hydroxylamine groups is 1. The largest absolute Gasteiger partial charge is 0.480 e. The number of carboxylic acid groups (broad SMARTS) is 1. The summed E-state index contributed by atoms with van der Waals surface area (Å²) < 4.78 is 26.4. The van der Waals surface area contributed by atoms with Gasteiger partial charge in [-0.25, -0.2) is 13.9 Å². The quantitative estimate of drug-likeness (QED) is 0.329. The number of sulfonamides is 1. The van der Waals surface area contributed by atoms with E-state index in [1.807, 2.05) is 0 Å². The van der Waals surface area contributed by atoms with Crippen molar-refractivity contribution in [3.8, 4) is 0 Å². The third-order valence-electron chi connectivity index (χ3n) is 3.65. The number of hydrogen-bond donors (Lipinski definition) is 3. The Hall–Kier alpha value is -3.35. The van der Waals surface area contributed by atoms with Crippen molar-refractivity contribution in [2.45, 2.75) is 11.4 Å². The Morgan fingerprint density at radius 2 is 1.79 bits per heavy atom. The zero-order valence-electron chi connectivity index (χ0n) is 14.2. The van der Waals surface area contributed by atoms with Crippen LogP contribution in [0, 0.1) is 10.1 Å². The first kappa shape index (κ1) is 21.0. The van der Waals surface area contributed by atoms with Crippen LogP contribution >= 0.6 is 0 Å². The molecule has 0 heterocycles. The number of carbonyl (C=O) groups excluding carboxylic acids is 1. The van der Waals surface area contributed by atoms with Gasteiger partial charge in [0.05, 0.1) is 9.82 Å². The van der Waals surface area contributed by atoms with Crippen LogP contribution in [0.5, 0.6) is 0 Å². The summed E-state index contributed by atoms with van der Waals surface area (Å²) in [6.07, 6.45) is 0. The zero-order chi connectivity index (χ0) is 20.9. The molecule has 1 amide bonds. The van der Waals surface area contributed by atoms with Crippen molar-refractivity contribution in [1.29, 1.82) is 0 Å². The average molecular weight is 409 g/mol. The lowest BCUT2D eigenvalue weighted by Gasteiger charge is -2.20. The summed E-state index contributed by atoms with van der Waals surface area (Å²) in [5.74, 6) is -2.34. The Labute approximate surface area is 159 Å². The summed E-state index contributed by atoms with van der Waals surface area (Å²) in [5.41, 5.74) is 1.37. The van der Waals surface area contributed by atoms with Crippen molar-refractivity contribution in [3.05, 3.63) is 69.8 Å². The first-order valence-corrected chi connectivity index (χ1v) is 9.09. The molecule has 0 aliphatic heterocycles.